The molecule has 2 aromatic carbocycles. The van der Waals surface area contributed by atoms with Crippen molar-refractivity contribution in [3.8, 4) is 0 Å². The third kappa shape index (κ3) is 3.94. The van der Waals surface area contributed by atoms with E-state index in [2.05, 4.69) is 29.1 Å². The second-order valence-corrected chi connectivity index (χ2v) is 6.91. The van der Waals surface area contributed by atoms with Crippen molar-refractivity contribution in [3.05, 3.63) is 59.8 Å². The summed E-state index contributed by atoms with van der Waals surface area (Å²) in [5, 5.41) is 18.7. The second kappa shape index (κ2) is 7.44. The van der Waals surface area contributed by atoms with Crippen LogP contribution in [-0.4, -0.2) is 10.7 Å². The minimum absolute atomic E-state index is 0.363. The van der Waals surface area contributed by atoms with Gasteiger partial charge in [-0.3, -0.25) is 0 Å². The summed E-state index contributed by atoms with van der Waals surface area (Å²) in [5.74, 6) is 0.828. The molecule has 3 rings (SSSR count). The van der Waals surface area contributed by atoms with Crippen molar-refractivity contribution in [1.82, 2.24) is 4.98 Å². The van der Waals surface area contributed by atoms with Crippen molar-refractivity contribution < 1.29 is 0 Å². The maximum absolute atomic E-state index is 8.13. The van der Waals surface area contributed by atoms with Crippen molar-refractivity contribution in [2.75, 3.05) is 5.73 Å². The number of pyridine rings is 1. The lowest BCUT2D eigenvalue weighted by Crippen LogP contribution is -2.02. The van der Waals surface area contributed by atoms with Gasteiger partial charge in [0, 0.05) is 22.7 Å². The van der Waals surface area contributed by atoms with Crippen LogP contribution in [-0.2, 0) is 0 Å². The first-order valence-electron chi connectivity index (χ1n) is 8.68. The zero-order valence-electron chi connectivity index (χ0n) is 15.3. The molecular weight excluding hydrogens is 322 g/mol. The van der Waals surface area contributed by atoms with E-state index in [1.54, 1.807) is 6.20 Å². The van der Waals surface area contributed by atoms with Gasteiger partial charge >= 0.3 is 0 Å². The Balaban J connectivity index is 1.88. The van der Waals surface area contributed by atoms with Crippen LogP contribution in [0.15, 0.2) is 58.9 Å². The Hall–Kier alpha value is -3.08. The van der Waals surface area contributed by atoms with E-state index < -0.39 is 0 Å². The first-order valence-corrected chi connectivity index (χ1v) is 8.68. The van der Waals surface area contributed by atoms with E-state index in [9.17, 15) is 0 Å². The van der Waals surface area contributed by atoms with E-state index in [1.807, 2.05) is 49.4 Å². The lowest BCUT2D eigenvalue weighted by atomic mass is 10.0. The number of nitrogens with two attached hydrogens (primary N) is 1. The van der Waals surface area contributed by atoms with Gasteiger partial charge in [0.25, 0.3) is 0 Å². The minimum Gasteiger partial charge on any atom is -0.382 e. The summed E-state index contributed by atoms with van der Waals surface area (Å²) in [7, 11) is 0. The van der Waals surface area contributed by atoms with Crippen molar-refractivity contribution in [1.29, 1.82) is 5.41 Å². The standard InChI is InChI=1S/C21H23N5/c1-13(2)10-19(22)15-6-8-17(9-7-15)25-26-20-18-11-14(3)4-5-16(18)12-24-21(20)23/h4-9,11-13,22H,10H2,1-3H3,(H2,23,24). The molecule has 1 aromatic heterocycles. The number of benzene rings is 2. The lowest BCUT2D eigenvalue weighted by Gasteiger charge is -2.07. The smallest absolute Gasteiger partial charge is 0.151 e. The number of hydrogen-bond acceptors (Lipinski definition) is 5. The molecular formula is C21H23N5. The van der Waals surface area contributed by atoms with Crippen molar-refractivity contribution in [2.45, 2.75) is 27.2 Å². The molecule has 5 heteroatoms. The maximum atomic E-state index is 8.13. The number of rotatable bonds is 5. The van der Waals surface area contributed by atoms with Gasteiger partial charge in [0.1, 0.15) is 5.69 Å². The van der Waals surface area contributed by atoms with Crippen LogP contribution in [0.25, 0.3) is 10.8 Å². The fourth-order valence-corrected chi connectivity index (χ4v) is 2.79. The Bertz CT molecular complexity index is 966. The highest BCUT2D eigenvalue weighted by Gasteiger charge is 2.07. The zero-order chi connectivity index (χ0) is 18.7. The Morgan fingerprint density at radius 2 is 1.85 bits per heavy atom. The molecule has 0 aliphatic carbocycles. The monoisotopic (exact) mass is 345 g/mol. The van der Waals surface area contributed by atoms with Gasteiger partial charge in [-0.05, 0) is 43.0 Å². The SMILES string of the molecule is Cc1ccc2cnc(N)c(N=Nc3ccc(C(=N)CC(C)C)cc3)c2c1. The minimum atomic E-state index is 0.363. The van der Waals surface area contributed by atoms with Crippen molar-refractivity contribution in [2.24, 2.45) is 16.1 Å². The fraction of sp³-hybridized carbons (Fsp3) is 0.238. The highest BCUT2D eigenvalue weighted by atomic mass is 15.1. The maximum Gasteiger partial charge on any atom is 0.151 e. The quantitative estimate of drug-likeness (QED) is 0.442. The summed E-state index contributed by atoms with van der Waals surface area (Å²) in [4.78, 5) is 4.21. The molecule has 0 saturated heterocycles. The molecule has 0 aliphatic rings. The number of nitrogen functional groups attached to an aromatic ring is 1. The van der Waals surface area contributed by atoms with Crippen molar-refractivity contribution in [3.63, 3.8) is 0 Å². The topological polar surface area (TPSA) is 87.5 Å². The fourth-order valence-electron chi connectivity index (χ4n) is 2.79. The highest BCUT2D eigenvalue weighted by molar-refractivity contribution is 5.98. The molecule has 0 fully saturated rings. The van der Waals surface area contributed by atoms with E-state index >= 15 is 0 Å². The Labute approximate surface area is 153 Å². The second-order valence-electron chi connectivity index (χ2n) is 6.91. The number of fused-ring (bicyclic) bond motifs is 1. The Kier molecular flexibility index (Phi) is 5.07. The number of aromatic nitrogens is 1. The van der Waals surface area contributed by atoms with Gasteiger partial charge in [0.2, 0.25) is 0 Å². The summed E-state index contributed by atoms with van der Waals surface area (Å²) >= 11 is 0. The molecule has 0 bridgehead atoms. The molecule has 132 valence electrons. The molecule has 0 spiro atoms. The number of nitrogens with one attached hydrogen (secondary N) is 1. The van der Waals surface area contributed by atoms with Crippen LogP contribution in [0.2, 0.25) is 0 Å². The van der Waals surface area contributed by atoms with Crippen LogP contribution in [0.1, 0.15) is 31.4 Å². The molecule has 3 aromatic rings. The third-order valence-electron chi connectivity index (χ3n) is 4.14. The van der Waals surface area contributed by atoms with E-state index in [1.165, 1.54) is 0 Å². The number of anilines is 1. The molecule has 0 saturated carbocycles. The van der Waals surface area contributed by atoms with Crippen LogP contribution in [0.4, 0.5) is 17.2 Å². The van der Waals surface area contributed by atoms with Gasteiger partial charge in [0.15, 0.2) is 5.82 Å². The van der Waals surface area contributed by atoms with Crippen LogP contribution < -0.4 is 5.73 Å². The molecule has 0 atom stereocenters. The van der Waals surface area contributed by atoms with Crippen LogP contribution in [0, 0.1) is 18.3 Å². The average molecular weight is 345 g/mol. The number of aryl methyl sites for hydroxylation is 1. The third-order valence-corrected chi connectivity index (χ3v) is 4.14. The Morgan fingerprint density at radius 3 is 2.54 bits per heavy atom. The Morgan fingerprint density at radius 1 is 1.12 bits per heavy atom. The summed E-state index contributed by atoms with van der Waals surface area (Å²) < 4.78 is 0. The average Bonchev–Trinajstić information content (AvgIpc) is 2.60. The summed E-state index contributed by atoms with van der Waals surface area (Å²) in [6, 6.07) is 13.6. The largest absolute Gasteiger partial charge is 0.382 e. The predicted octanol–water partition coefficient (Wildman–Crippen LogP) is 5.95. The molecule has 0 unspecified atom stereocenters. The number of azo groups is 1. The van der Waals surface area contributed by atoms with Crippen molar-refractivity contribution >= 4 is 33.7 Å². The van der Waals surface area contributed by atoms with Crippen LogP contribution in [0.3, 0.4) is 0 Å². The summed E-state index contributed by atoms with van der Waals surface area (Å²) in [6.45, 7) is 6.25. The van der Waals surface area contributed by atoms with Gasteiger partial charge < -0.3 is 11.1 Å². The molecule has 0 radical (unpaired) electrons. The van der Waals surface area contributed by atoms with Gasteiger partial charge in [-0.15, -0.1) is 5.11 Å². The van der Waals surface area contributed by atoms with E-state index in [4.69, 9.17) is 11.1 Å². The molecule has 5 nitrogen and oxygen atoms in total. The van der Waals surface area contributed by atoms with Gasteiger partial charge in [-0.25, -0.2) is 4.98 Å². The first kappa shape index (κ1) is 17.7. The summed E-state index contributed by atoms with van der Waals surface area (Å²) in [6.07, 6.45) is 2.51. The molecule has 1 heterocycles. The van der Waals surface area contributed by atoms with Crippen LogP contribution >= 0.6 is 0 Å². The van der Waals surface area contributed by atoms with E-state index in [-0.39, 0.29) is 0 Å². The number of hydrogen-bond donors (Lipinski definition) is 2. The van der Waals surface area contributed by atoms with E-state index in [0.717, 1.165) is 34.0 Å². The zero-order valence-corrected chi connectivity index (χ0v) is 15.3. The highest BCUT2D eigenvalue weighted by Crippen LogP contribution is 2.32. The first-order chi connectivity index (χ1) is 12.4. The molecule has 0 amide bonds. The predicted molar refractivity (Wildman–Crippen MR) is 108 cm³/mol. The van der Waals surface area contributed by atoms with Crippen LogP contribution in [0.5, 0.6) is 0 Å². The molecule has 3 N–H and O–H groups in total. The van der Waals surface area contributed by atoms with E-state index in [0.29, 0.717) is 23.1 Å². The van der Waals surface area contributed by atoms with Gasteiger partial charge in [-0.2, -0.15) is 5.11 Å². The molecule has 26 heavy (non-hydrogen) atoms. The lowest BCUT2D eigenvalue weighted by molar-refractivity contribution is 0.682. The normalized spacial score (nSPS) is 11.5. The molecule has 0 aliphatic heterocycles. The summed E-state index contributed by atoms with van der Waals surface area (Å²) in [5.41, 5.74) is 10.0. The number of nitrogens with zero attached hydrogens (tertiary/aromatic N) is 3. The van der Waals surface area contributed by atoms with Gasteiger partial charge in [-0.1, -0.05) is 43.7 Å². The van der Waals surface area contributed by atoms with Gasteiger partial charge in [0.05, 0.1) is 5.69 Å².